The molecule has 1 aliphatic heterocycles. The van der Waals surface area contributed by atoms with Crippen LogP contribution < -0.4 is 5.32 Å². The van der Waals surface area contributed by atoms with Crippen molar-refractivity contribution >= 4 is 11.7 Å². The first-order chi connectivity index (χ1) is 17.0. The molecular formula is C25H28F4N6O. The SMILES string of the molecule is CCN(C[C@@]1(C)CCc2cc(-c3nc(C(F)F)n(C)n3)c(C)nc2N1)C(=O)Cc1ccc(F)c(F)c1. The quantitative estimate of drug-likeness (QED) is 0.476. The number of nitrogens with zero attached hydrogens (tertiary/aromatic N) is 5. The highest BCUT2D eigenvalue weighted by atomic mass is 19.3. The number of carbonyl (C=O) groups is 1. The maximum Gasteiger partial charge on any atom is 0.297 e. The van der Waals surface area contributed by atoms with Crippen molar-refractivity contribution in [1.82, 2.24) is 24.6 Å². The molecule has 4 rings (SSSR count). The minimum atomic E-state index is -2.73. The van der Waals surface area contributed by atoms with Gasteiger partial charge in [0.05, 0.1) is 17.7 Å². The number of aromatic nitrogens is 4. The van der Waals surface area contributed by atoms with Crippen molar-refractivity contribution in [1.29, 1.82) is 0 Å². The van der Waals surface area contributed by atoms with E-state index in [1.165, 1.54) is 13.1 Å². The predicted octanol–water partition coefficient (Wildman–Crippen LogP) is 4.61. The fourth-order valence-corrected chi connectivity index (χ4v) is 4.48. The molecule has 2 aromatic heterocycles. The van der Waals surface area contributed by atoms with Crippen LogP contribution in [-0.2, 0) is 24.7 Å². The van der Waals surface area contributed by atoms with E-state index >= 15 is 0 Å². The van der Waals surface area contributed by atoms with Crippen molar-refractivity contribution in [2.24, 2.45) is 7.05 Å². The number of benzene rings is 1. The average molecular weight is 505 g/mol. The van der Waals surface area contributed by atoms with Gasteiger partial charge in [-0.1, -0.05) is 6.07 Å². The van der Waals surface area contributed by atoms with E-state index in [1.54, 1.807) is 11.8 Å². The Kier molecular flexibility index (Phi) is 7.01. The molecule has 0 spiro atoms. The van der Waals surface area contributed by atoms with Gasteiger partial charge in [0, 0.05) is 25.7 Å². The number of hydrogen-bond acceptors (Lipinski definition) is 5. The van der Waals surface area contributed by atoms with E-state index in [-0.39, 0.29) is 18.2 Å². The van der Waals surface area contributed by atoms with Crippen LogP contribution in [0.4, 0.5) is 23.4 Å². The summed E-state index contributed by atoms with van der Waals surface area (Å²) in [5.41, 5.74) is 2.04. The van der Waals surface area contributed by atoms with Crippen LogP contribution in [0.15, 0.2) is 24.3 Å². The summed E-state index contributed by atoms with van der Waals surface area (Å²) in [5, 5.41) is 7.58. The van der Waals surface area contributed by atoms with E-state index in [9.17, 15) is 22.4 Å². The topological polar surface area (TPSA) is 75.9 Å². The number of carbonyl (C=O) groups excluding carboxylic acids is 1. The summed E-state index contributed by atoms with van der Waals surface area (Å²) < 4.78 is 54.2. The molecule has 1 aliphatic rings. The standard InChI is InChI=1S/C25H28F4N6O/c1-5-35(20(36)11-15-6-7-18(26)19(27)10-15)13-25(3)9-8-16-12-17(14(2)30-22(16)32-25)23-31-24(21(28)29)34(4)33-23/h6-7,10,12,21H,5,8-9,11,13H2,1-4H3,(H,30,32)/t25-/m1/s1. The van der Waals surface area contributed by atoms with Crippen LogP contribution in [0.2, 0.25) is 0 Å². The normalized spacial score (nSPS) is 17.1. The zero-order chi connectivity index (χ0) is 26.2. The van der Waals surface area contributed by atoms with Gasteiger partial charge in [-0.2, -0.15) is 5.10 Å². The Hall–Kier alpha value is -3.50. The summed E-state index contributed by atoms with van der Waals surface area (Å²) in [5.74, 6) is -1.65. The fraction of sp³-hybridized carbons (Fsp3) is 0.440. The molecule has 11 heteroatoms. The van der Waals surface area contributed by atoms with Gasteiger partial charge < -0.3 is 10.2 Å². The van der Waals surface area contributed by atoms with Gasteiger partial charge in [0.2, 0.25) is 5.91 Å². The maximum absolute atomic E-state index is 13.6. The minimum Gasteiger partial charge on any atom is -0.363 e. The molecule has 1 aromatic carbocycles. The van der Waals surface area contributed by atoms with Gasteiger partial charge in [0.15, 0.2) is 23.3 Å². The lowest BCUT2D eigenvalue weighted by atomic mass is 9.87. The van der Waals surface area contributed by atoms with Crippen molar-refractivity contribution in [2.75, 3.05) is 18.4 Å². The Morgan fingerprint density at radius 1 is 1.22 bits per heavy atom. The molecule has 36 heavy (non-hydrogen) atoms. The van der Waals surface area contributed by atoms with Crippen molar-refractivity contribution in [3.05, 3.63) is 58.5 Å². The molecular weight excluding hydrogens is 476 g/mol. The van der Waals surface area contributed by atoms with E-state index < -0.39 is 29.4 Å². The number of hydrogen-bond donors (Lipinski definition) is 1. The number of aryl methyl sites for hydroxylation is 3. The molecule has 3 aromatic rings. The van der Waals surface area contributed by atoms with Crippen molar-refractivity contribution < 1.29 is 22.4 Å². The van der Waals surface area contributed by atoms with Gasteiger partial charge in [-0.25, -0.2) is 32.2 Å². The molecule has 1 amide bonds. The van der Waals surface area contributed by atoms with E-state index in [2.05, 4.69) is 20.4 Å². The van der Waals surface area contributed by atoms with E-state index in [4.69, 9.17) is 0 Å². The van der Waals surface area contributed by atoms with Gasteiger partial charge >= 0.3 is 0 Å². The molecule has 7 nitrogen and oxygen atoms in total. The lowest BCUT2D eigenvalue weighted by Gasteiger charge is -2.40. The lowest BCUT2D eigenvalue weighted by molar-refractivity contribution is -0.131. The molecule has 0 unspecified atom stereocenters. The Labute approximate surface area is 206 Å². The highest BCUT2D eigenvalue weighted by Crippen LogP contribution is 2.34. The van der Waals surface area contributed by atoms with E-state index in [0.717, 1.165) is 22.4 Å². The van der Waals surface area contributed by atoms with E-state index in [0.29, 0.717) is 48.6 Å². The molecule has 0 saturated carbocycles. The summed E-state index contributed by atoms with van der Waals surface area (Å²) in [7, 11) is 1.43. The summed E-state index contributed by atoms with van der Waals surface area (Å²) in [6, 6.07) is 5.35. The van der Waals surface area contributed by atoms with Gasteiger partial charge in [-0.05, 0) is 62.9 Å². The third-order valence-electron chi connectivity index (χ3n) is 6.50. The maximum atomic E-state index is 13.6. The van der Waals surface area contributed by atoms with Crippen molar-refractivity contribution in [2.45, 2.75) is 52.0 Å². The molecule has 0 saturated heterocycles. The number of fused-ring (bicyclic) bond motifs is 1. The molecule has 3 heterocycles. The van der Waals surface area contributed by atoms with Gasteiger partial charge in [-0.15, -0.1) is 0 Å². The molecule has 1 N–H and O–H groups in total. The molecule has 0 bridgehead atoms. The highest BCUT2D eigenvalue weighted by Gasteiger charge is 2.34. The number of pyridine rings is 1. The largest absolute Gasteiger partial charge is 0.363 e. The molecule has 0 radical (unpaired) electrons. The predicted molar refractivity (Wildman–Crippen MR) is 127 cm³/mol. The second-order valence-corrected chi connectivity index (χ2v) is 9.37. The lowest BCUT2D eigenvalue weighted by Crippen LogP contribution is -2.51. The van der Waals surface area contributed by atoms with Gasteiger partial charge in [-0.3, -0.25) is 4.79 Å². The Bertz CT molecular complexity index is 1290. The van der Waals surface area contributed by atoms with E-state index in [1.807, 2.05) is 19.9 Å². The number of amides is 1. The van der Waals surface area contributed by atoms with Gasteiger partial charge in [0.1, 0.15) is 5.82 Å². The minimum absolute atomic E-state index is 0.0316. The first kappa shape index (κ1) is 25.6. The first-order valence-electron chi connectivity index (χ1n) is 11.7. The monoisotopic (exact) mass is 504 g/mol. The van der Waals surface area contributed by atoms with Crippen LogP contribution >= 0.6 is 0 Å². The number of halogens is 4. The van der Waals surface area contributed by atoms with Crippen LogP contribution in [0.25, 0.3) is 11.4 Å². The Balaban J connectivity index is 1.50. The molecule has 0 aliphatic carbocycles. The van der Waals surface area contributed by atoms with Crippen molar-refractivity contribution in [3.8, 4) is 11.4 Å². The fourth-order valence-electron chi connectivity index (χ4n) is 4.48. The summed E-state index contributed by atoms with van der Waals surface area (Å²) >= 11 is 0. The zero-order valence-corrected chi connectivity index (χ0v) is 20.6. The Morgan fingerprint density at radius 2 is 1.97 bits per heavy atom. The number of likely N-dealkylation sites (N-methyl/N-ethyl adjacent to an activating group) is 1. The average Bonchev–Trinajstić information content (AvgIpc) is 3.21. The summed E-state index contributed by atoms with van der Waals surface area (Å²) in [6.07, 6.45) is -1.41. The van der Waals surface area contributed by atoms with Crippen molar-refractivity contribution in [3.63, 3.8) is 0 Å². The molecule has 0 fully saturated rings. The molecule has 1 atom stereocenters. The summed E-state index contributed by atoms with van der Waals surface area (Å²) in [4.78, 5) is 23.3. The Morgan fingerprint density at radius 3 is 2.61 bits per heavy atom. The number of anilines is 1. The second-order valence-electron chi connectivity index (χ2n) is 9.37. The number of nitrogens with one attached hydrogen (secondary N) is 1. The second kappa shape index (κ2) is 9.87. The van der Waals surface area contributed by atoms with Crippen LogP contribution in [0.3, 0.4) is 0 Å². The van der Waals surface area contributed by atoms with Crippen LogP contribution in [0.5, 0.6) is 0 Å². The highest BCUT2D eigenvalue weighted by molar-refractivity contribution is 5.79. The smallest absolute Gasteiger partial charge is 0.297 e. The van der Waals surface area contributed by atoms with Crippen LogP contribution in [0.1, 0.15) is 49.3 Å². The zero-order valence-electron chi connectivity index (χ0n) is 20.6. The third-order valence-corrected chi connectivity index (χ3v) is 6.50. The third kappa shape index (κ3) is 5.19. The van der Waals surface area contributed by atoms with Gasteiger partial charge in [0.25, 0.3) is 6.43 Å². The number of rotatable bonds is 7. The first-order valence-corrected chi connectivity index (χ1v) is 11.7. The number of alkyl halides is 2. The van der Waals surface area contributed by atoms with Crippen LogP contribution in [-0.4, -0.2) is 49.2 Å². The summed E-state index contributed by atoms with van der Waals surface area (Å²) in [6.45, 7) is 6.49. The van der Waals surface area contributed by atoms with Crippen LogP contribution in [0, 0.1) is 18.6 Å². The molecule has 192 valence electrons.